The van der Waals surface area contributed by atoms with E-state index < -0.39 is 0 Å². The molecule has 2 atom stereocenters. The number of hydrogen-bond donors (Lipinski definition) is 1. The van der Waals surface area contributed by atoms with E-state index in [2.05, 4.69) is 12.1 Å². The van der Waals surface area contributed by atoms with Gasteiger partial charge in [-0.15, -0.1) is 0 Å². The summed E-state index contributed by atoms with van der Waals surface area (Å²) in [5, 5.41) is 10.1. The van der Waals surface area contributed by atoms with Crippen molar-refractivity contribution < 1.29 is 19.0 Å². The number of ether oxygens (including phenoxy) is 1. The number of aryl methyl sites for hydroxylation is 1. The maximum absolute atomic E-state index is 15.9. The summed E-state index contributed by atoms with van der Waals surface area (Å²) in [7, 11) is 1.53. The van der Waals surface area contributed by atoms with E-state index in [4.69, 9.17) is 4.74 Å². The molecule has 1 saturated heterocycles. The van der Waals surface area contributed by atoms with Crippen LogP contribution in [-0.4, -0.2) is 31.6 Å². The Kier molecular flexibility index (Phi) is 6.27. The molecule has 1 heterocycles. The minimum atomic E-state index is -0.345. The highest BCUT2D eigenvalue weighted by Crippen LogP contribution is 2.50. The van der Waals surface area contributed by atoms with Crippen molar-refractivity contribution in [2.45, 2.75) is 37.5 Å². The lowest BCUT2D eigenvalue weighted by Gasteiger charge is -2.36. The number of aromatic hydroxyl groups is 1. The number of phenols is 1. The molecule has 1 aliphatic heterocycles. The first kappa shape index (κ1) is 22.5. The number of aldehydes is 1. The van der Waals surface area contributed by atoms with Gasteiger partial charge in [0.1, 0.15) is 12.0 Å². The third-order valence-electron chi connectivity index (χ3n) is 7.54. The largest absolute Gasteiger partial charge is 0.508 e. The van der Waals surface area contributed by atoms with Crippen molar-refractivity contribution in [1.29, 1.82) is 0 Å². The number of phenolic OH excluding ortho intramolecular Hbond substituents is 1. The lowest BCUT2D eigenvalue weighted by Crippen LogP contribution is -2.34. The molecular weight excluding hydrogens is 429 g/mol. The molecule has 1 N–H and O–H groups in total. The minimum absolute atomic E-state index is 0.0577. The van der Waals surface area contributed by atoms with E-state index in [-0.39, 0.29) is 35.1 Å². The predicted octanol–water partition coefficient (Wildman–Crippen LogP) is 5.82. The van der Waals surface area contributed by atoms with Gasteiger partial charge in [-0.2, -0.15) is 0 Å². The van der Waals surface area contributed by atoms with Crippen LogP contribution in [-0.2, 0) is 11.2 Å². The smallest absolute Gasteiger partial charge is 0.188 e. The van der Waals surface area contributed by atoms with Gasteiger partial charge >= 0.3 is 0 Å². The van der Waals surface area contributed by atoms with Crippen molar-refractivity contribution in [3.63, 3.8) is 0 Å². The molecule has 0 unspecified atom stereocenters. The Morgan fingerprint density at radius 2 is 1.74 bits per heavy atom. The zero-order valence-electron chi connectivity index (χ0n) is 19.4. The van der Waals surface area contributed by atoms with Gasteiger partial charge in [-0.1, -0.05) is 42.5 Å². The van der Waals surface area contributed by atoms with Crippen LogP contribution in [0.3, 0.4) is 0 Å². The van der Waals surface area contributed by atoms with Crippen LogP contribution in [0.4, 0.5) is 10.1 Å². The summed E-state index contributed by atoms with van der Waals surface area (Å²) >= 11 is 0. The molecule has 5 heteroatoms. The standard InChI is InChI=1S/C29H30FNO3/c1-34-29-25(11-12-26(28(29)30)31-15-13-19(18-32)14-16-31)27-23(20-5-3-2-4-6-20)9-7-21-17-22(33)8-10-24(21)27/h2-6,8,10-12,17-19,23,27,33H,7,9,13-16H2,1H3/t23-,27+/m1/s1. The van der Waals surface area contributed by atoms with Gasteiger partial charge in [0.05, 0.1) is 12.8 Å². The summed E-state index contributed by atoms with van der Waals surface area (Å²) in [6.45, 7) is 1.31. The summed E-state index contributed by atoms with van der Waals surface area (Å²) in [6.07, 6.45) is 4.25. The van der Waals surface area contributed by atoms with Crippen molar-refractivity contribution >= 4 is 12.0 Å². The van der Waals surface area contributed by atoms with E-state index in [1.165, 1.54) is 12.7 Å². The number of halogens is 1. The molecule has 0 radical (unpaired) electrons. The van der Waals surface area contributed by atoms with Gasteiger partial charge in [-0.25, -0.2) is 4.39 Å². The molecule has 34 heavy (non-hydrogen) atoms. The van der Waals surface area contributed by atoms with Crippen molar-refractivity contribution in [3.8, 4) is 11.5 Å². The van der Waals surface area contributed by atoms with E-state index >= 15 is 4.39 Å². The second-order valence-electron chi connectivity index (χ2n) is 9.40. The number of carbonyl (C=O) groups excluding carboxylic acids is 1. The summed E-state index contributed by atoms with van der Waals surface area (Å²) in [5.41, 5.74) is 4.78. The molecular formula is C29H30FNO3. The van der Waals surface area contributed by atoms with Crippen molar-refractivity contribution in [2.75, 3.05) is 25.1 Å². The number of benzene rings is 3. The Morgan fingerprint density at radius 1 is 1.00 bits per heavy atom. The van der Waals surface area contributed by atoms with Crippen LogP contribution in [0.1, 0.15) is 53.4 Å². The summed E-state index contributed by atoms with van der Waals surface area (Å²) in [5.74, 6) is 0.320. The Bertz CT molecular complexity index is 1170. The maximum Gasteiger partial charge on any atom is 0.188 e. The molecule has 3 aromatic rings. The Balaban J connectivity index is 1.60. The third kappa shape index (κ3) is 4.04. The molecule has 5 rings (SSSR count). The lowest BCUT2D eigenvalue weighted by atomic mass is 9.69. The first-order chi connectivity index (χ1) is 16.6. The van der Waals surface area contributed by atoms with Crippen molar-refractivity contribution in [3.05, 3.63) is 88.7 Å². The summed E-state index contributed by atoms with van der Waals surface area (Å²) < 4.78 is 21.7. The predicted molar refractivity (Wildman–Crippen MR) is 131 cm³/mol. The molecule has 0 amide bonds. The molecule has 3 aromatic carbocycles. The number of fused-ring (bicyclic) bond motifs is 1. The van der Waals surface area contributed by atoms with Gasteiger partial charge in [-0.3, -0.25) is 0 Å². The van der Waals surface area contributed by atoms with Gasteiger partial charge < -0.3 is 19.5 Å². The quantitative estimate of drug-likeness (QED) is 0.489. The van der Waals surface area contributed by atoms with Gasteiger partial charge in [-0.05, 0) is 66.5 Å². The van der Waals surface area contributed by atoms with Crippen LogP contribution in [0.15, 0.2) is 60.7 Å². The van der Waals surface area contributed by atoms with E-state index in [1.54, 1.807) is 6.07 Å². The van der Waals surface area contributed by atoms with Crippen molar-refractivity contribution in [1.82, 2.24) is 0 Å². The highest BCUT2D eigenvalue weighted by atomic mass is 19.1. The van der Waals surface area contributed by atoms with Gasteiger partial charge in [0.25, 0.3) is 0 Å². The van der Waals surface area contributed by atoms with E-state index in [0.29, 0.717) is 18.8 Å². The molecule has 0 bridgehead atoms. The Labute approximate surface area is 200 Å². The first-order valence-electron chi connectivity index (χ1n) is 12.0. The van der Waals surface area contributed by atoms with Crippen molar-refractivity contribution in [2.24, 2.45) is 5.92 Å². The highest BCUT2D eigenvalue weighted by Gasteiger charge is 2.35. The topological polar surface area (TPSA) is 49.8 Å². The Morgan fingerprint density at radius 3 is 2.44 bits per heavy atom. The summed E-state index contributed by atoms with van der Waals surface area (Å²) in [4.78, 5) is 13.1. The summed E-state index contributed by atoms with van der Waals surface area (Å²) in [6, 6.07) is 19.8. The zero-order chi connectivity index (χ0) is 23.7. The zero-order valence-corrected chi connectivity index (χ0v) is 19.4. The number of piperidine rings is 1. The van der Waals surface area contributed by atoms with Gasteiger partial charge in [0, 0.05) is 30.5 Å². The Hall–Kier alpha value is -3.34. The average Bonchev–Trinajstić information content (AvgIpc) is 2.88. The number of nitrogens with zero attached hydrogens (tertiary/aromatic N) is 1. The van der Waals surface area contributed by atoms with Crippen LogP contribution >= 0.6 is 0 Å². The number of rotatable bonds is 5. The SMILES string of the molecule is COc1c([C@@H]2c3ccc(O)cc3CC[C@@H]2c2ccccc2)ccc(N2CCC(C=O)CC2)c1F. The van der Waals surface area contributed by atoms with E-state index in [9.17, 15) is 9.90 Å². The fourth-order valence-electron chi connectivity index (χ4n) is 5.78. The van der Waals surface area contributed by atoms with Gasteiger partial charge in [0.2, 0.25) is 0 Å². The second-order valence-corrected chi connectivity index (χ2v) is 9.40. The monoisotopic (exact) mass is 459 g/mol. The normalized spacial score (nSPS) is 20.6. The van der Waals surface area contributed by atoms with E-state index in [0.717, 1.165) is 48.7 Å². The fraction of sp³-hybridized carbons (Fsp3) is 0.345. The lowest BCUT2D eigenvalue weighted by molar-refractivity contribution is -0.111. The molecule has 0 aromatic heterocycles. The van der Waals surface area contributed by atoms with Crippen LogP contribution in [0, 0.1) is 11.7 Å². The number of hydrogen-bond acceptors (Lipinski definition) is 4. The van der Waals surface area contributed by atoms with Gasteiger partial charge in [0.15, 0.2) is 11.6 Å². The maximum atomic E-state index is 15.9. The molecule has 4 nitrogen and oxygen atoms in total. The molecule has 2 aliphatic rings. The molecule has 1 aliphatic carbocycles. The van der Waals surface area contributed by atoms with Crippen LogP contribution in [0.2, 0.25) is 0 Å². The number of carbonyl (C=O) groups is 1. The molecule has 176 valence electrons. The first-order valence-corrected chi connectivity index (χ1v) is 12.0. The number of anilines is 1. The van der Waals surface area contributed by atoms with Crippen LogP contribution in [0.25, 0.3) is 0 Å². The molecule has 0 spiro atoms. The minimum Gasteiger partial charge on any atom is -0.508 e. The van der Waals surface area contributed by atoms with Crippen LogP contribution < -0.4 is 9.64 Å². The van der Waals surface area contributed by atoms with Crippen LogP contribution in [0.5, 0.6) is 11.5 Å². The molecule has 0 saturated carbocycles. The highest BCUT2D eigenvalue weighted by molar-refractivity contribution is 5.61. The molecule has 1 fully saturated rings. The second kappa shape index (κ2) is 9.49. The average molecular weight is 460 g/mol. The third-order valence-corrected chi connectivity index (χ3v) is 7.54. The van der Waals surface area contributed by atoms with E-state index in [1.807, 2.05) is 47.4 Å². The number of methoxy groups -OCH3 is 1. The fourth-order valence-corrected chi connectivity index (χ4v) is 5.78.